The van der Waals surface area contributed by atoms with Gasteiger partial charge in [-0.1, -0.05) is 22.9 Å². The van der Waals surface area contributed by atoms with Crippen molar-refractivity contribution in [1.82, 2.24) is 4.98 Å². The number of anilines is 1. The molecule has 3 aromatic rings. The first kappa shape index (κ1) is 19.2. The van der Waals surface area contributed by atoms with Gasteiger partial charge >= 0.3 is 4.87 Å². The number of aromatic amines is 1. The molecule has 4 aliphatic rings. The van der Waals surface area contributed by atoms with Gasteiger partial charge in [0, 0.05) is 10.3 Å². The van der Waals surface area contributed by atoms with E-state index in [1.54, 1.807) is 42.3 Å². The molecule has 4 heterocycles. The van der Waals surface area contributed by atoms with Crippen molar-refractivity contribution in [2.45, 2.75) is 22.6 Å². The smallest absolute Gasteiger partial charge is 0.305 e. The lowest BCUT2D eigenvalue weighted by molar-refractivity contribution is -0.123. The van der Waals surface area contributed by atoms with Crippen LogP contribution in [0.15, 0.2) is 56.9 Å². The van der Waals surface area contributed by atoms with E-state index in [2.05, 4.69) is 4.98 Å². The predicted molar refractivity (Wildman–Crippen MR) is 121 cm³/mol. The van der Waals surface area contributed by atoms with Gasteiger partial charge < -0.3 is 9.40 Å². The number of halogens is 1. The van der Waals surface area contributed by atoms with Crippen LogP contribution in [0.3, 0.4) is 0 Å². The average molecular weight is 485 g/mol. The molecule has 32 heavy (non-hydrogen) atoms. The number of rotatable bonds is 2. The summed E-state index contributed by atoms with van der Waals surface area (Å²) in [5.41, 5.74) is 0.583. The van der Waals surface area contributed by atoms with E-state index < -0.39 is 0 Å². The summed E-state index contributed by atoms with van der Waals surface area (Å²) in [6.45, 7) is 0. The Labute approximate surface area is 195 Å². The predicted octanol–water partition coefficient (Wildman–Crippen LogP) is 4.36. The molecule has 3 fully saturated rings. The van der Waals surface area contributed by atoms with E-state index in [9.17, 15) is 14.4 Å². The van der Waals surface area contributed by atoms with Gasteiger partial charge in [-0.05, 0) is 60.6 Å². The van der Waals surface area contributed by atoms with Gasteiger partial charge in [0.25, 0.3) is 0 Å². The zero-order valence-corrected chi connectivity index (χ0v) is 19.0. The number of carbonyl (C=O) groups is 2. The molecule has 1 N–H and O–H groups in total. The van der Waals surface area contributed by atoms with Crippen molar-refractivity contribution >= 4 is 52.2 Å². The van der Waals surface area contributed by atoms with Crippen LogP contribution in [-0.2, 0) is 9.59 Å². The molecule has 2 amide bonds. The zero-order valence-electron chi connectivity index (χ0n) is 16.6. The summed E-state index contributed by atoms with van der Waals surface area (Å²) in [4.78, 5) is 44.5. The van der Waals surface area contributed by atoms with Gasteiger partial charge in [0.15, 0.2) is 0 Å². The quantitative estimate of drug-likeness (QED) is 0.546. The number of H-pyrrole nitrogens is 1. The average Bonchev–Trinajstić information content (AvgIpc) is 3.57. The molecule has 2 saturated carbocycles. The zero-order chi connectivity index (χ0) is 21.7. The van der Waals surface area contributed by atoms with E-state index in [0.29, 0.717) is 10.7 Å². The van der Waals surface area contributed by atoms with Crippen LogP contribution in [-0.4, -0.2) is 22.0 Å². The Morgan fingerprint density at radius 3 is 2.50 bits per heavy atom. The van der Waals surface area contributed by atoms with Crippen molar-refractivity contribution in [3.8, 4) is 0 Å². The van der Waals surface area contributed by atoms with Gasteiger partial charge in [-0.15, -0.1) is 11.8 Å². The minimum absolute atomic E-state index is 0.0707. The fourth-order valence-corrected chi connectivity index (χ4v) is 9.64. The summed E-state index contributed by atoms with van der Waals surface area (Å²) in [6, 6.07) is 10.7. The van der Waals surface area contributed by atoms with E-state index in [1.165, 1.54) is 16.2 Å². The number of hydrogen-bond acceptors (Lipinski definition) is 6. The molecule has 7 atom stereocenters. The molecular formula is C23H17ClN2O4S2. The van der Waals surface area contributed by atoms with Crippen molar-refractivity contribution < 1.29 is 14.0 Å². The van der Waals surface area contributed by atoms with Crippen LogP contribution in [0.2, 0.25) is 5.02 Å². The molecule has 6 nitrogen and oxygen atoms in total. The van der Waals surface area contributed by atoms with Crippen molar-refractivity contribution in [3.05, 3.63) is 68.0 Å². The maximum atomic E-state index is 13.6. The van der Waals surface area contributed by atoms with Crippen LogP contribution in [0, 0.1) is 29.6 Å². The third-order valence-electron chi connectivity index (χ3n) is 7.66. The number of thiazole rings is 1. The highest BCUT2D eigenvalue weighted by atomic mass is 35.5. The SMILES string of the molecule is O=C1C2C(C(=O)N1c1ccc(Cl)cc1)[C@@H]1C[C@H]2C2Sc3[nH]c(=O)sc3C(c3ccco3)C21. The number of hydrogen-bond donors (Lipinski definition) is 1. The third-order valence-corrected chi connectivity index (χ3v) is 10.5. The summed E-state index contributed by atoms with van der Waals surface area (Å²) < 4.78 is 5.82. The van der Waals surface area contributed by atoms with E-state index >= 15 is 0 Å². The monoisotopic (exact) mass is 484 g/mol. The van der Waals surface area contributed by atoms with Crippen LogP contribution >= 0.6 is 34.7 Å². The number of nitrogens with one attached hydrogen (secondary N) is 1. The Morgan fingerprint density at radius 2 is 1.78 bits per heavy atom. The fourth-order valence-electron chi connectivity index (χ4n) is 6.65. The summed E-state index contributed by atoms with van der Waals surface area (Å²) in [5.74, 6) is 0.252. The van der Waals surface area contributed by atoms with Crippen LogP contribution < -0.4 is 9.77 Å². The number of carbonyl (C=O) groups excluding carboxylic acids is 2. The van der Waals surface area contributed by atoms with Gasteiger partial charge in [0.1, 0.15) is 5.76 Å². The standard InChI is InChI=1S/C23H17ClN2O4S2/c24-9-3-5-10(6-4-9)26-21(27)15-11-8-12(16(15)22(26)28)18-14(11)17(13-2-1-7-30-13)19-20(31-18)25-23(29)32-19/h1-7,11-12,14-18H,8H2,(H,25,29)/t11-,12-,14?,15?,16?,17?,18?/m1/s1. The number of imide groups is 1. The minimum atomic E-state index is -0.320. The van der Waals surface area contributed by atoms with Crippen molar-refractivity contribution in [3.63, 3.8) is 0 Å². The molecule has 1 aromatic carbocycles. The first-order valence-corrected chi connectivity index (χ1v) is 12.7. The molecule has 2 bridgehead atoms. The largest absolute Gasteiger partial charge is 0.469 e. The van der Waals surface area contributed by atoms with Crippen LogP contribution in [0.4, 0.5) is 5.69 Å². The Kier molecular flexibility index (Phi) is 3.97. The maximum Gasteiger partial charge on any atom is 0.305 e. The van der Waals surface area contributed by atoms with E-state index in [-0.39, 0.29) is 57.4 Å². The fraction of sp³-hybridized carbons (Fsp3) is 0.348. The van der Waals surface area contributed by atoms with Gasteiger partial charge in [0.2, 0.25) is 11.8 Å². The second-order valence-corrected chi connectivity index (χ2v) is 11.6. The molecule has 5 unspecified atom stereocenters. The number of amides is 2. The summed E-state index contributed by atoms with van der Waals surface area (Å²) >= 11 is 8.92. The molecule has 0 radical (unpaired) electrons. The van der Waals surface area contributed by atoms with Crippen molar-refractivity contribution in [1.29, 1.82) is 0 Å². The Bertz CT molecular complexity index is 1310. The maximum absolute atomic E-state index is 13.6. The third kappa shape index (κ3) is 2.40. The minimum Gasteiger partial charge on any atom is -0.469 e. The molecular weight excluding hydrogens is 468 g/mol. The summed E-state index contributed by atoms with van der Waals surface area (Å²) in [5, 5.41) is 1.62. The molecule has 2 aromatic heterocycles. The molecule has 162 valence electrons. The highest BCUT2D eigenvalue weighted by Crippen LogP contribution is 2.68. The number of aromatic nitrogens is 1. The lowest BCUT2D eigenvalue weighted by Crippen LogP contribution is -2.42. The van der Waals surface area contributed by atoms with E-state index in [4.69, 9.17) is 16.0 Å². The lowest BCUT2D eigenvalue weighted by Gasteiger charge is -2.42. The molecule has 0 spiro atoms. The molecule has 1 saturated heterocycles. The molecule has 2 aliphatic heterocycles. The van der Waals surface area contributed by atoms with Crippen LogP contribution in [0.1, 0.15) is 23.0 Å². The highest BCUT2D eigenvalue weighted by molar-refractivity contribution is 8.00. The van der Waals surface area contributed by atoms with Gasteiger partial charge in [-0.25, -0.2) is 0 Å². The van der Waals surface area contributed by atoms with E-state index in [1.807, 2.05) is 12.1 Å². The summed E-state index contributed by atoms with van der Waals surface area (Å²) in [6.07, 6.45) is 2.52. The number of fused-ring (bicyclic) bond motifs is 9. The molecule has 2 aliphatic carbocycles. The lowest BCUT2D eigenvalue weighted by atomic mass is 9.69. The van der Waals surface area contributed by atoms with Gasteiger partial charge in [-0.3, -0.25) is 19.3 Å². The van der Waals surface area contributed by atoms with Gasteiger partial charge in [-0.2, -0.15) is 0 Å². The van der Waals surface area contributed by atoms with Crippen LogP contribution in [0.5, 0.6) is 0 Å². The molecule has 7 rings (SSSR count). The number of nitrogens with zero attached hydrogens (tertiary/aromatic N) is 1. The number of thioether (sulfide) groups is 1. The normalized spacial score (nSPS) is 34.7. The molecule has 9 heteroatoms. The van der Waals surface area contributed by atoms with E-state index in [0.717, 1.165) is 22.1 Å². The summed E-state index contributed by atoms with van der Waals surface area (Å²) in [7, 11) is 0. The topological polar surface area (TPSA) is 83.4 Å². The Balaban J connectivity index is 1.32. The van der Waals surface area contributed by atoms with Gasteiger partial charge in [0.05, 0.1) is 39.6 Å². The number of benzene rings is 1. The van der Waals surface area contributed by atoms with Crippen molar-refractivity contribution in [2.24, 2.45) is 29.6 Å². The Morgan fingerprint density at radius 1 is 1.03 bits per heavy atom. The Hall–Kier alpha value is -2.29. The van der Waals surface area contributed by atoms with Crippen LogP contribution in [0.25, 0.3) is 0 Å². The first-order chi connectivity index (χ1) is 15.5. The second-order valence-electron chi connectivity index (χ2n) is 8.96. The van der Waals surface area contributed by atoms with Crippen molar-refractivity contribution in [2.75, 3.05) is 4.90 Å². The second kappa shape index (κ2) is 6.62. The first-order valence-electron chi connectivity index (χ1n) is 10.6. The highest BCUT2D eigenvalue weighted by Gasteiger charge is 2.70. The number of furan rings is 1.